The van der Waals surface area contributed by atoms with Gasteiger partial charge in [0.2, 0.25) is 5.91 Å². The lowest BCUT2D eigenvalue weighted by Gasteiger charge is -2.35. The molecule has 1 aromatic heterocycles. The minimum Gasteiger partial charge on any atom is -0.396 e. The molecule has 2 aliphatic rings. The highest BCUT2D eigenvalue weighted by molar-refractivity contribution is 5.73. The summed E-state index contributed by atoms with van der Waals surface area (Å²) in [6.07, 6.45) is 5.69. The van der Waals surface area contributed by atoms with Crippen molar-refractivity contribution in [1.82, 2.24) is 15.3 Å². The molecule has 0 saturated heterocycles. The molecule has 6 nitrogen and oxygen atoms in total. The van der Waals surface area contributed by atoms with Crippen molar-refractivity contribution in [3.8, 4) is 0 Å². The van der Waals surface area contributed by atoms with E-state index in [9.17, 15) is 9.90 Å². The van der Waals surface area contributed by atoms with Gasteiger partial charge in [-0.1, -0.05) is 0 Å². The van der Waals surface area contributed by atoms with Gasteiger partial charge in [-0.25, -0.2) is 9.97 Å². The summed E-state index contributed by atoms with van der Waals surface area (Å²) in [5, 5.41) is 12.4. The van der Waals surface area contributed by atoms with E-state index in [1.54, 1.807) is 13.3 Å². The molecule has 120 valence electrons. The Morgan fingerprint density at radius 1 is 1.45 bits per heavy atom. The van der Waals surface area contributed by atoms with Gasteiger partial charge in [-0.15, -0.1) is 0 Å². The van der Waals surface area contributed by atoms with Crippen LogP contribution in [0, 0.1) is 5.41 Å². The maximum absolute atomic E-state index is 11.0. The average molecular weight is 304 g/mol. The monoisotopic (exact) mass is 304 g/mol. The van der Waals surface area contributed by atoms with Crippen LogP contribution in [0.5, 0.6) is 0 Å². The Balaban J connectivity index is 1.60. The van der Waals surface area contributed by atoms with Gasteiger partial charge in [-0.3, -0.25) is 4.79 Å². The molecule has 0 bridgehead atoms. The van der Waals surface area contributed by atoms with Crippen LogP contribution >= 0.6 is 0 Å². The summed E-state index contributed by atoms with van der Waals surface area (Å²) in [7, 11) is 2.02. The number of hydrogen-bond acceptors (Lipinski definition) is 5. The van der Waals surface area contributed by atoms with Crippen molar-refractivity contribution < 1.29 is 9.90 Å². The molecule has 2 fully saturated rings. The molecule has 0 aromatic carbocycles. The standard InChI is InChI=1S/C16H24N4O2/c1-11(22)19-13-5-12(6-13)14-7-15(18-10-17-14)20(2)8-16(9-21)3-4-16/h7,10,12-13,21H,3-6,8-9H2,1-2H3,(H,19,22). The van der Waals surface area contributed by atoms with Crippen LogP contribution in [0.4, 0.5) is 5.82 Å². The Kier molecular flexibility index (Phi) is 4.04. The largest absolute Gasteiger partial charge is 0.396 e. The van der Waals surface area contributed by atoms with Crippen LogP contribution < -0.4 is 10.2 Å². The molecule has 2 saturated carbocycles. The number of amides is 1. The molecule has 0 aliphatic heterocycles. The molecule has 6 heteroatoms. The first-order valence-corrected chi connectivity index (χ1v) is 7.92. The van der Waals surface area contributed by atoms with Crippen LogP contribution in [0.15, 0.2) is 12.4 Å². The third kappa shape index (κ3) is 3.21. The molecule has 3 rings (SSSR count). The first-order valence-electron chi connectivity index (χ1n) is 7.92. The first-order chi connectivity index (χ1) is 10.5. The average Bonchev–Trinajstić information content (AvgIpc) is 3.22. The lowest BCUT2D eigenvalue weighted by Crippen LogP contribution is -2.42. The number of rotatable bonds is 6. The van der Waals surface area contributed by atoms with Crippen molar-refractivity contribution in [3.05, 3.63) is 18.1 Å². The fraction of sp³-hybridized carbons (Fsp3) is 0.688. The zero-order valence-corrected chi connectivity index (χ0v) is 13.2. The molecule has 2 aliphatic carbocycles. The Morgan fingerprint density at radius 2 is 2.18 bits per heavy atom. The second-order valence-corrected chi connectivity index (χ2v) is 6.88. The highest BCUT2D eigenvalue weighted by atomic mass is 16.3. The van der Waals surface area contributed by atoms with Crippen LogP contribution in [-0.2, 0) is 4.79 Å². The second kappa shape index (κ2) is 5.83. The van der Waals surface area contributed by atoms with Crippen molar-refractivity contribution >= 4 is 11.7 Å². The minimum absolute atomic E-state index is 0.0327. The topological polar surface area (TPSA) is 78.4 Å². The van der Waals surface area contributed by atoms with Crippen molar-refractivity contribution in [3.63, 3.8) is 0 Å². The molecule has 0 atom stereocenters. The van der Waals surface area contributed by atoms with E-state index in [0.717, 1.165) is 43.7 Å². The Labute approximate surface area is 131 Å². The molecule has 22 heavy (non-hydrogen) atoms. The summed E-state index contributed by atoms with van der Waals surface area (Å²) in [5.74, 6) is 1.35. The van der Waals surface area contributed by atoms with Gasteiger partial charge in [0.25, 0.3) is 0 Å². The fourth-order valence-corrected chi connectivity index (χ4v) is 3.19. The van der Waals surface area contributed by atoms with Gasteiger partial charge in [0, 0.05) is 49.7 Å². The van der Waals surface area contributed by atoms with Gasteiger partial charge >= 0.3 is 0 Å². The molecule has 0 radical (unpaired) electrons. The quantitative estimate of drug-likeness (QED) is 0.822. The summed E-state index contributed by atoms with van der Waals surface area (Å²) < 4.78 is 0. The number of nitrogens with zero attached hydrogens (tertiary/aromatic N) is 3. The first kappa shape index (κ1) is 15.2. The number of nitrogens with one attached hydrogen (secondary N) is 1. The van der Waals surface area contributed by atoms with E-state index in [1.807, 2.05) is 13.1 Å². The van der Waals surface area contributed by atoms with Crippen molar-refractivity contribution in [1.29, 1.82) is 0 Å². The summed E-state index contributed by atoms with van der Waals surface area (Å²) in [6.45, 7) is 2.63. The predicted octanol–water partition coefficient (Wildman–Crippen LogP) is 1.07. The number of anilines is 1. The number of hydrogen-bond donors (Lipinski definition) is 2. The van der Waals surface area contributed by atoms with E-state index in [2.05, 4.69) is 20.2 Å². The van der Waals surface area contributed by atoms with E-state index in [1.165, 1.54) is 0 Å². The van der Waals surface area contributed by atoms with E-state index in [0.29, 0.717) is 5.92 Å². The number of aromatic nitrogens is 2. The molecule has 0 unspecified atom stereocenters. The van der Waals surface area contributed by atoms with E-state index < -0.39 is 0 Å². The molecule has 1 heterocycles. The zero-order chi connectivity index (χ0) is 15.7. The lowest BCUT2D eigenvalue weighted by atomic mass is 9.78. The second-order valence-electron chi connectivity index (χ2n) is 6.88. The molecule has 0 spiro atoms. The smallest absolute Gasteiger partial charge is 0.217 e. The Hall–Kier alpha value is -1.69. The highest BCUT2D eigenvalue weighted by Gasteiger charge is 2.43. The van der Waals surface area contributed by atoms with Gasteiger partial charge in [0.15, 0.2) is 0 Å². The van der Waals surface area contributed by atoms with Crippen LogP contribution in [0.2, 0.25) is 0 Å². The Morgan fingerprint density at radius 3 is 2.77 bits per heavy atom. The molecule has 1 amide bonds. The van der Waals surface area contributed by atoms with E-state index in [4.69, 9.17) is 0 Å². The third-order valence-corrected chi connectivity index (χ3v) is 4.89. The lowest BCUT2D eigenvalue weighted by molar-refractivity contribution is -0.120. The van der Waals surface area contributed by atoms with E-state index in [-0.39, 0.29) is 24.0 Å². The molecular weight excluding hydrogens is 280 g/mol. The zero-order valence-electron chi connectivity index (χ0n) is 13.2. The summed E-state index contributed by atoms with van der Waals surface area (Å²) in [4.78, 5) is 21.9. The van der Waals surface area contributed by atoms with Crippen LogP contribution in [0.1, 0.15) is 44.2 Å². The number of aliphatic hydroxyl groups excluding tert-OH is 1. The summed E-state index contributed by atoms with van der Waals surface area (Å²) in [6, 6.07) is 2.32. The van der Waals surface area contributed by atoms with Gasteiger partial charge in [-0.2, -0.15) is 0 Å². The highest BCUT2D eigenvalue weighted by Crippen LogP contribution is 2.46. The molecular formula is C16H24N4O2. The van der Waals surface area contributed by atoms with Gasteiger partial charge in [0.1, 0.15) is 12.1 Å². The Bertz CT molecular complexity index is 553. The SMILES string of the molecule is CC(=O)NC1CC(c2cc(N(C)CC3(CO)CC3)ncn2)C1. The third-order valence-electron chi connectivity index (χ3n) is 4.89. The normalized spacial score (nSPS) is 25.2. The van der Waals surface area contributed by atoms with Crippen LogP contribution in [0.3, 0.4) is 0 Å². The summed E-state index contributed by atoms with van der Waals surface area (Å²) in [5.41, 5.74) is 1.12. The maximum atomic E-state index is 11.0. The van der Waals surface area contributed by atoms with Crippen LogP contribution in [-0.4, -0.2) is 47.2 Å². The van der Waals surface area contributed by atoms with Gasteiger partial charge < -0.3 is 15.3 Å². The number of aliphatic hydroxyl groups is 1. The van der Waals surface area contributed by atoms with Gasteiger partial charge in [0.05, 0.1) is 6.61 Å². The van der Waals surface area contributed by atoms with Crippen molar-refractivity contribution in [2.45, 2.75) is 44.6 Å². The number of carbonyl (C=O) groups excluding carboxylic acids is 1. The maximum Gasteiger partial charge on any atom is 0.217 e. The minimum atomic E-state index is 0.0327. The van der Waals surface area contributed by atoms with Gasteiger partial charge in [-0.05, 0) is 25.7 Å². The van der Waals surface area contributed by atoms with Crippen LogP contribution in [0.25, 0.3) is 0 Å². The van der Waals surface area contributed by atoms with Crippen molar-refractivity contribution in [2.75, 3.05) is 25.1 Å². The summed E-state index contributed by atoms with van der Waals surface area (Å²) >= 11 is 0. The fourth-order valence-electron chi connectivity index (χ4n) is 3.19. The molecule has 1 aromatic rings. The van der Waals surface area contributed by atoms with E-state index >= 15 is 0 Å². The number of carbonyl (C=O) groups is 1. The van der Waals surface area contributed by atoms with Crippen molar-refractivity contribution in [2.24, 2.45) is 5.41 Å². The molecule has 2 N–H and O–H groups in total. The predicted molar refractivity (Wildman–Crippen MR) is 83.6 cm³/mol.